The number of amides is 2. The summed E-state index contributed by atoms with van der Waals surface area (Å²) in [5.74, 6) is -0.802. The summed E-state index contributed by atoms with van der Waals surface area (Å²) in [6, 6.07) is 11.5. The molecule has 2 aromatic carbocycles. The summed E-state index contributed by atoms with van der Waals surface area (Å²) < 4.78 is 0. The fourth-order valence-electron chi connectivity index (χ4n) is 3.24. The summed E-state index contributed by atoms with van der Waals surface area (Å²) in [6.45, 7) is 4.21. The van der Waals surface area contributed by atoms with E-state index in [0.29, 0.717) is 12.2 Å². The lowest BCUT2D eigenvalue weighted by atomic mass is 10.1. The number of para-hydroxylation sites is 1. The van der Waals surface area contributed by atoms with Crippen molar-refractivity contribution in [3.63, 3.8) is 0 Å². The number of nitro benzene ring substituents is 1. The molecule has 1 N–H and O–H groups in total. The van der Waals surface area contributed by atoms with E-state index in [2.05, 4.69) is 5.32 Å². The maximum Gasteiger partial charge on any atom is 0.269 e. The van der Waals surface area contributed by atoms with Gasteiger partial charge < -0.3 is 10.2 Å². The van der Waals surface area contributed by atoms with Crippen LogP contribution in [0.1, 0.15) is 17.5 Å². The number of aryl methyl sites for hydroxylation is 2. The van der Waals surface area contributed by atoms with Crippen LogP contribution in [0, 0.1) is 29.9 Å². The predicted molar refractivity (Wildman–Crippen MR) is 98.1 cm³/mol. The summed E-state index contributed by atoms with van der Waals surface area (Å²) in [6.07, 6.45) is 0.145. The van der Waals surface area contributed by atoms with Crippen molar-refractivity contribution in [1.29, 1.82) is 0 Å². The number of nitro groups is 1. The third kappa shape index (κ3) is 3.42. The van der Waals surface area contributed by atoms with E-state index in [-0.39, 0.29) is 23.9 Å². The lowest BCUT2D eigenvalue weighted by Gasteiger charge is -2.21. The van der Waals surface area contributed by atoms with Gasteiger partial charge in [0.2, 0.25) is 11.8 Å². The normalized spacial score (nSPS) is 16.6. The Balaban J connectivity index is 1.72. The molecule has 0 spiro atoms. The van der Waals surface area contributed by atoms with Crippen LogP contribution in [0.15, 0.2) is 42.5 Å². The molecule has 1 saturated heterocycles. The number of nitrogens with one attached hydrogen (secondary N) is 1. The van der Waals surface area contributed by atoms with E-state index >= 15 is 0 Å². The molecule has 2 aromatic rings. The van der Waals surface area contributed by atoms with Gasteiger partial charge in [-0.05, 0) is 37.1 Å². The van der Waals surface area contributed by atoms with Crippen LogP contribution in [-0.2, 0) is 9.59 Å². The predicted octanol–water partition coefficient (Wildman–Crippen LogP) is 3.20. The molecule has 3 rings (SSSR count). The van der Waals surface area contributed by atoms with E-state index in [1.807, 2.05) is 32.0 Å². The van der Waals surface area contributed by atoms with Crippen LogP contribution in [0.25, 0.3) is 0 Å². The summed E-state index contributed by atoms with van der Waals surface area (Å²) in [4.78, 5) is 36.8. The monoisotopic (exact) mass is 353 g/mol. The van der Waals surface area contributed by atoms with Crippen molar-refractivity contribution < 1.29 is 14.5 Å². The molecule has 1 aliphatic rings. The molecule has 0 saturated carbocycles. The molecular weight excluding hydrogens is 334 g/mol. The van der Waals surface area contributed by atoms with Gasteiger partial charge in [-0.15, -0.1) is 0 Å². The van der Waals surface area contributed by atoms with Gasteiger partial charge in [-0.3, -0.25) is 19.7 Å². The second kappa shape index (κ2) is 6.95. The van der Waals surface area contributed by atoms with Crippen LogP contribution < -0.4 is 10.2 Å². The van der Waals surface area contributed by atoms with Crippen LogP contribution in [0.5, 0.6) is 0 Å². The Labute approximate surface area is 150 Å². The van der Waals surface area contributed by atoms with E-state index in [1.54, 1.807) is 4.90 Å². The second-order valence-electron chi connectivity index (χ2n) is 6.44. The molecule has 0 bridgehead atoms. The summed E-state index contributed by atoms with van der Waals surface area (Å²) in [5, 5.41) is 13.4. The fraction of sp³-hybridized carbons (Fsp3) is 0.263. The Bertz CT molecular complexity index is 857. The third-order valence-electron chi connectivity index (χ3n) is 4.55. The smallest absolute Gasteiger partial charge is 0.269 e. The molecule has 134 valence electrons. The molecule has 7 heteroatoms. The molecule has 0 radical (unpaired) electrons. The highest BCUT2D eigenvalue weighted by atomic mass is 16.6. The first-order valence-electron chi connectivity index (χ1n) is 8.28. The van der Waals surface area contributed by atoms with E-state index in [1.165, 1.54) is 24.3 Å². The van der Waals surface area contributed by atoms with Crippen molar-refractivity contribution in [2.45, 2.75) is 20.3 Å². The Kier molecular flexibility index (Phi) is 4.71. The summed E-state index contributed by atoms with van der Waals surface area (Å²) in [5.41, 5.74) is 3.28. The number of hydrogen-bond acceptors (Lipinski definition) is 4. The highest BCUT2D eigenvalue weighted by molar-refractivity contribution is 6.04. The van der Waals surface area contributed by atoms with E-state index in [9.17, 15) is 19.7 Å². The zero-order chi connectivity index (χ0) is 18.8. The summed E-state index contributed by atoms with van der Waals surface area (Å²) >= 11 is 0. The van der Waals surface area contributed by atoms with Gasteiger partial charge in [-0.1, -0.05) is 18.2 Å². The number of nitrogens with zero attached hydrogens (tertiary/aromatic N) is 2. The zero-order valence-electron chi connectivity index (χ0n) is 14.6. The molecule has 0 aliphatic carbocycles. The topological polar surface area (TPSA) is 92.6 Å². The van der Waals surface area contributed by atoms with Crippen LogP contribution in [-0.4, -0.2) is 23.3 Å². The maximum absolute atomic E-state index is 12.5. The number of benzene rings is 2. The quantitative estimate of drug-likeness (QED) is 0.675. The largest absolute Gasteiger partial charge is 0.326 e. The molecule has 1 fully saturated rings. The molecule has 1 aliphatic heterocycles. The number of hydrogen-bond donors (Lipinski definition) is 1. The van der Waals surface area contributed by atoms with Gasteiger partial charge in [0.1, 0.15) is 0 Å². The third-order valence-corrected chi connectivity index (χ3v) is 4.55. The Morgan fingerprint density at radius 1 is 1.15 bits per heavy atom. The van der Waals surface area contributed by atoms with Crippen LogP contribution in [0.4, 0.5) is 17.1 Å². The average Bonchev–Trinajstić information content (AvgIpc) is 2.97. The number of non-ortho nitro benzene ring substituents is 1. The van der Waals surface area contributed by atoms with E-state index < -0.39 is 10.8 Å². The van der Waals surface area contributed by atoms with Crippen molar-refractivity contribution in [3.8, 4) is 0 Å². The molecule has 1 heterocycles. The van der Waals surface area contributed by atoms with E-state index in [4.69, 9.17) is 0 Å². The lowest BCUT2D eigenvalue weighted by Crippen LogP contribution is -2.29. The Hall–Kier alpha value is -3.22. The van der Waals surface area contributed by atoms with Gasteiger partial charge in [0.25, 0.3) is 5.69 Å². The van der Waals surface area contributed by atoms with Crippen molar-refractivity contribution in [2.24, 2.45) is 5.92 Å². The minimum Gasteiger partial charge on any atom is -0.326 e. The Morgan fingerprint density at radius 3 is 2.35 bits per heavy atom. The molecule has 2 amide bonds. The van der Waals surface area contributed by atoms with Gasteiger partial charge in [0.15, 0.2) is 0 Å². The van der Waals surface area contributed by atoms with Gasteiger partial charge >= 0.3 is 0 Å². The van der Waals surface area contributed by atoms with Gasteiger partial charge in [-0.2, -0.15) is 0 Å². The first-order chi connectivity index (χ1) is 12.4. The average molecular weight is 353 g/mol. The number of carbonyl (C=O) groups is 2. The molecule has 0 unspecified atom stereocenters. The summed E-state index contributed by atoms with van der Waals surface area (Å²) in [7, 11) is 0. The van der Waals surface area contributed by atoms with Gasteiger partial charge in [-0.25, -0.2) is 0 Å². The van der Waals surface area contributed by atoms with Gasteiger partial charge in [0.05, 0.1) is 10.8 Å². The van der Waals surface area contributed by atoms with Crippen molar-refractivity contribution >= 4 is 28.9 Å². The molecule has 0 aromatic heterocycles. The number of carbonyl (C=O) groups excluding carboxylic acids is 2. The number of rotatable bonds is 4. The van der Waals surface area contributed by atoms with Gasteiger partial charge in [0, 0.05) is 36.5 Å². The lowest BCUT2D eigenvalue weighted by molar-refractivity contribution is -0.384. The standard InChI is InChI=1S/C19H19N3O4/c1-12-4-3-5-13(2)18(12)21-11-14(10-17(21)23)19(24)20-15-6-8-16(9-7-15)22(25)26/h3-9,14H,10-11H2,1-2H3,(H,20,24)/t14-/m0/s1. The zero-order valence-corrected chi connectivity index (χ0v) is 14.6. The SMILES string of the molecule is Cc1cccc(C)c1N1C[C@@H](C(=O)Nc2ccc([N+](=O)[O-])cc2)CC1=O. The molecular formula is C19H19N3O4. The maximum atomic E-state index is 12.5. The molecule has 26 heavy (non-hydrogen) atoms. The van der Waals surface area contributed by atoms with Crippen LogP contribution >= 0.6 is 0 Å². The highest BCUT2D eigenvalue weighted by Gasteiger charge is 2.36. The minimum absolute atomic E-state index is 0.0414. The van der Waals surface area contributed by atoms with Crippen LogP contribution in [0.2, 0.25) is 0 Å². The van der Waals surface area contributed by atoms with E-state index in [0.717, 1.165) is 16.8 Å². The Morgan fingerprint density at radius 2 is 1.77 bits per heavy atom. The molecule has 1 atom stereocenters. The first kappa shape index (κ1) is 17.6. The highest BCUT2D eigenvalue weighted by Crippen LogP contribution is 2.31. The number of anilines is 2. The van der Waals surface area contributed by atoms with Crippen molar-refractivity contribution in [2.75, 3.05) is 16.8 Å². The fourth-order valence-corrected chi connectivity index (χ4v) is 3.24. The van der Waals surface area contributed by atoms with Crippen molar-refractivity contribution in [3.05, 3.63) is 63.7 Å². The van der Waals surface area contributed by atoms with Crippen molar-refractivity contribution in [1.82, 2.24) is 0 Å². The van der Waals surface area contributed by atoms with Crippen LogP contribution in [0.3, 0.4) is 0 Å². The second-order valence-corrected chi connectivity index (χ2v) is 6.44. The minimum atomic E-state index is -0.496. The molecule has 7 nitrogen and oxygen atoms in total. The first-order valence-corrected chi connectivity index (χ1v) is 8.28.